The summed E-state index contributed by atoms with van der Waals surface area (Å²) in [5.74, 6) is -0.975. The van der Waals surface area contributed by atoms with E-state index in [2.05, 4.69) is 4.99 Å². The van der Waals surface area contributed by atoms with Crippen molar-refractivity contribution >= 4 is 12.2 Å². The van der Waals surface area contributed by atoms with Crippen LogP contribution in [0, 0.1) is 0 Å². The van der Waals surface area contributed by atoms with E-state index >= 15 is 0 Å². The molecule has 0 aromatic heterocycles. The number of aliphatic carboxylic acids is 1. The molecule has 5 heteroatoms. The zero-order valence-corrected chi connectivity index (χ0v) is 9.02. The minimum Gasteiger partial charge on any atom is -0.480 e. The number of carboxylic acid groups (broad SMARTS) is 1. The highest BCUT2D eigenvalue weighted by Crippen LogP contribution is 2.09. The van der Waals surface area contributed by atoms with Crippen molar-refractivity contribution in [1.29, 1.82) is 0 Å². The molecule has 0 saturated heterocycles. The first-order chi connectivity index (χ1) is 7.00. The van der Waals surface area contributed by atoms with Crippen molar-refractivity contribution in [2.45, 2.75) is 25.3 Å². The summed E-state index contributed by atoms with van der Waals surface area (Å²) in [6.45, 7) is 2.52. The molecule has 0 unspecified atom stereocenters. The highest BCUT2D eigenvalue weighted by atomic mass is 16.4. The molecule has 86 valence electrons. The van der Waals surface area contributed by atoms with Crippen LogP contribution in [0.4, 0.5) is 0 Å². The molecule has 0 fully saturated rings. The van der Waals surface area contributed by atoms with Crippen LogP contribution >= 0.6 is 0 Å². The van der Waals surface area contributed by atoms with Gasteiger partial charge in [-0.3, -0.25) is 9.79 Å². The number of hydrogen-bond donors (Lipinski definition) is 3. The van der Waals surface area contributed by atoms with Gasteiger partial charge in [0.1, 0.15) is 5.54 Å². The average molecular weight is 213 g/mol. The van der Waals surface area contributed by atoms with Crippen molar-refractivity contribution in [3.05, 3.63) is 12.2 Å². The van der Waals surface area contributed by atoms with Crippen molar-refractivity contribution in [2.75, 3.05) is 13.1 Å². The number of carbonyl (C=O) groups is 1. The van der Waals surface area contributed by atoms with E-state index in [4.69, 9.17) is 16.6 Å². The summed E-state index contributed by atoms with van der Waals surface area (Å²) in [5, 5.41) is 8.73. The zero-order chi connectivity index (χ0) is 11.7. The molecule has 15 heavy (non-hydrogen) atoms. The molecule has 5 nitrogen and oxygen atoms in total. The second-order valence-electron chi connectivity index (χ2n) is 3.52. The third-order valence-corrected chi connectivity index (χ3v) is 1.93. The zero-order valence-electron chi connectivity index (χ0n) is 9.02. The van der Waals surface area contributed by atoms with Crippen LogP contribution in [0.25, 0.3) is 0 Å². The van der Waals surface area contributed by atoms with Crippen LogP contribution in [0.15, 0.2) is 17.1 Å². The Balaban J connectivity index is 3.70. The number of carboxylic acids is 1. The summed E-state index contributed by atoms with van der Waals surface area (Å²) in [6.07, 6.45) is 6.43. The quantitative estimate of drug-likeness (QED) is 0.414. The van der Waals surface area contributed by atoms with E-state index in [0.29, 0.717) is 25.9 Å². The smallest absolute Gasteiger partial charge is 0.323 e. The Kier molecular flexibility index (Phi) is 6.57. The first-order valence-corrected chi connectivity index (χ1v) is 4.86. The van der Waals surface area contributed by atoms with Gasteiger partial charge in [0.05, 0.1) is 6.54 Å². The van der Waals surface area contributed by atoms with E-state index in [-0.39, 0.29) is 0 Å². The molecule has 0 aromatic rings. The summed E-state index contributed by atoms with van der Waals surface area (Å²) in [6, 6.07) is 0. The standard InChI is InChI=1S/C10H19N3O2/c1-10(12,9(14)15)5-3-2-4-7-13-8-6-11/h2,4,8H,3,5-7,11-12H2,1H3,(H,14,15)/t10-/m0/s1. The number of allylic oxidation sites excluding steroid dienone is 1. The second-order valence-corrected chi connectivity index (χ2v) is 3.52. The third kappa shape index (κ3) is 6.82. The van der Waals surface area contributed by atoms with Gasteiger partial charge in [0.2, 0.25) is 0 Å². The van der Waals surface area contributed by atoms with Crippen LogP contribution in [-0.4, -0.2) is 35.9 Å². The lowest BCUT2D eigenvalue weighted by molar-refractivity contribution is -0.142. The molecule has 0 aliphatic carbocycles. The fourth-order valence-corrected chi connectivity index (χ4v) is 0.892. The molecule has 0 bridgehead atoms. The van der Waals surface area contributed by atoms with Crippen LogP contribution in [0.1, 0.15) is 19.8 Å². The van der Waals surface area contributed by atoms with Gasteiger partial charge in [0.25, 0.3) is 0 Å². The maximum absolute atomic E-state index is 10.6. The number of nitrogens with two attached hydrogens (primary N) is 2. The van der Waals surface area contributed by atoms with Crippen LogP contribution in [-0.2, 0) is 4.79 Å². The predicted molar refractivity (Wildman–Crippen MR) is 61.0 cm³/mol. The number of nitrogens with zero attached hydrogens (tertiary/aromatic N) is 1. The summed E-state index contributed by atoms with van der Waals surface area (Å²) in [5.41, 5.74) is 9.60. The third-order valence-electron chi connectivity index (χ3n) is 1.93. The van der Waals surface area contributed by atoms with E-state index in [1.807, 2.05) is 12.2 Å². The topological polar surface area (TPSA) is 102 Å². The second kappa shape index (κ2) is 7.14. The van der Waals surface area contributed by atoms with E-state index in [1.54, 1.807) is 6.21 Å². The summed E-state index contributed by atoms with van der Waals surface area (Å²) < 4.78 is 0. The Hall–Kier alpha value is -1.20. The molecule has 0 spiro atoms. The van der Waals surface area contributed by atoms with Gasteiger partial charge >= 0.3 is 5.97 Å². The van der Waals surface area contributed by atoms with Gasteiger partial charge in [0, 0.05) is 12.8 Å². The minimum absolute atomic E-state index is 0.416. The van der Waals surface area contributed by atoms with Crippen molar-refractivity contribution in [3.8, 4) is 0 Å². The Morgan fingerprint density at radius 3 is 2.73 bits per heavy atom. The van der Waals surface area contributed by atoms with Gasteiger partial charge in [-0.15, -0.1) is 0 Å². The number of rotatable bonds is 7. The summed E-state index contributed by atoms with van der Waals surface area (Å²) in [7, 11) is 0. The Bertz CT molecular complexity index is 247. The van der Waals surface area contributed by atoms with Gasteiger partial charge < -0.3 is 16.6 Å². The molecule has 0 aromatic carbocycles. The molecule has 0 amide bonds. The van der Waals surface area contributed by atoms with Crippen LogP contribution in [0.5, 0.6) is 0 Å². The summed E-state index contributed by atoms with van der Waals surface area (Å²) in [4.78, 5) is 14.6. The number of hydrogen-bond acceptors (Lipinski definition) is 4. The molecule has 1 atom stereocenters. The maximum atomic E-state index is 10.6. The molecule has 0 heterocycles. The SMILES string of the molecule is C[C@](N)(CCC=CCN=CCN)C(=O)O. The van der Waals surface area contributed by atoms with Crippen molar-refractivity contribution < 1.29 is 9.90 Å². The predicted octanol–water partition coefficient (Wildman–Crippen LogP) is 0.154. The molecule has 0 aliphatic heterocycles. The first-order valence-electron chi connectivity index (χ1n) is 4.86. The monoisotopic (exact) mass is 213 g/mol. The highest BCUT2D eigenvalue weighted by Gasteiger charge is 2.26. The van der Waals surface area contributed by atoms with E-state index in [0.717, 1.165) is 0 Å². The fraction of sp³-hybridized carbons (Fsp3) is 0.600. The van der Waals surface area contributed by atoms with Crippen LogP contribution < -0.4 is 11.5 Å². The molecular formula is C10H19N3O2. The Morgan fingerprint density at radius 1 is 1.53 bits per heavy atom. The van der Waals surface area contributed by atoms with Crippen LogP contribution in [0.2, 0.25) is 0 Å². The van der Waals surface area contributed by atoms with Gasteiger partial charge in [-0.1, -0.05) is 12.2 Å². The maximum Gasteiger partial charge on any atom is 0.323 e. The highest BCUT2D eigenvalue weighted by molar-refractivity contribution is 5.77. The van der Waals surface area contributed by atoms with E-state index in [9.17, 15) is 4.79 Å². The Labute approximate surface area is 89.9 Å². The average Bonchev–Trinajstić information content (AvgIpc) is 2.16. The van der Waals surface area contributed by atoms with Gasteiger partial charge in [-0.25, -0.2) is 0 Å². The van der Waals surface area contributed by atoms with Gasteiger partial charge in [-0.2, -0.15) is 0 Å². The van der Waals surface area contributed by atoms with E-state index < -0.39 is 11.5 Å². The lowest BCUT2D eigenvalue weighted by Gasteiger charge is -2.17. The van der Waals surface area contributed by atoms with Crippen molar-refractivity contribution in [2.24, 2.45) is 16.5 Å². The van der Waals surface area contributed by atoms with Crippen LogP contribution in [0.3, 0.4) is 0 Å². The molecule has 0 aliphatic rings. The Morgan fingerprint density at radius 2 is 2.20 bits per heavy atom. The van der Waals surface area contributed by atoms with Gasteiger partial charge in [-0.05, 0) is 19.8 Å². The summed E-state index contributed by atoms with van der Waals surface area (Å²) >= 11 is 0. The number of aliphatic imine (C=N–C) groups is 1. The lowest BCUT2D eigenvalue weighted by Crippen LogP contribution is -2.44. The van der Waals surface area contributed by atoms with E-state index in [1.165, 1.54) is 6.92 Å². The molecule has 5 N–H and O–H groups in total. The lowest BCUT2D eigenvalue weighted by atomic mass is 9.97. The molecular weight excluding hydrogens is 194 g/mol. The fourth-order valence-electron chi connectivity index (χ4n) is 0.892. The van der Waals surface area contributed by atoms with Crippen molar-refractivity contribution in [3.63, 3.8) is 0 Å². The first kappa shape index (κ1) is 13.8. The van der Waals surface area contributed by atoms with Gasteiger partial charge in [0.15, 0.2) is 0 Å². The molecule has 0 radical (unpaired) electrons. The molecule has 0 saturated carbocycles. The minimum atomic E-state index is -1.15. The van der Waals surface area contributed by atoms with Crippen molar-refractivity contribution in [1.82, 2.24) is 0 Å². The largest absolute Gasteiger partial charge is 0.480 e. The normalized spacial score (nSPS) is 15.9. The molecule has 0 rings (SSSR count).